The molecule has 1 aliphatic rings. The Labute approximate surface area is 196 Å². The van der Waals surface area contributed by atoms with Gasteiger partial charge >= 0.3 is 0 Å². The van der Waals surface area contributed by atoms with Crippen LogP contribution in [-0.4, -0.2) is 43.1 Å². The van der Waals surface area contributed by atoms with Gasteiger partial charge in [-0.1, -0.05) is 72.8 Å². The fraction of sp³-hybridized carbons (Fsp3) is 0.321. The highest BCUT2D eigenvalue weighted by Gasteiger charge is 2.36. The van der Waals surface area contributed by atoms with Crippen molar-refractivity contribution in [3.05, 3.63) is 102 Å². The van der Waals surface area contributed by atoms with E-state index in [1.54, 1.807) is 7.11 Å². The van der Waals surface area contributed by atoms with Gasteiger partial charge in [0.15, 0.2) is 0 Å². The van der Waals surface area contributed by atoms with Crippen LogP contribution in [0.25, 0.3) is 0 Å². The van der Waals surface area contributed by atoms with Crippen molar-refractivity contribution in [3.8, 4) is 5.75 Å². The number of likely N-dealkylation sites (tertiary alicyclic amines) is 1. The first kappa shape index (κ1) is 23.0. The summed E-state index contributed by atoms with van der Waals surface area (Å²) in [6.45, 7) is 3.05. The summed E-state index contributed by atoms with van der Waals surface area (Å²) < 4.78 is 5.25. The molecule has 1 aliphatic heterocycles. The Bertz CT molecular complexity index is 993. The molecule has 33 heavy (non-hydrogen) atoms. The molecule has 3 aromatic rings. The molecule has 172 valence electrons. The SMILES string of the molecule is COc1ccc(CN[C@H]2C[C@@H](C(=O)NCCc3ccccc3)N(Cc3ccccc3)C2)cc1. The van der Waals surface area contributed by atoms with Crippen molar-refractivity contribution in [2.75, 3.05) is 20.2 Å². The van der Waals surface area contributed by atoms with Crippen molar-refractivity contribution in [1.82, 2.24) is 15.5 Å². The summed E-state index contributed by atoms with van der Waals surface area (Å²) >= 11 is 0. The zero-order valence-corrected chi connectivity index (χ0v) is 19.2. The number of nitrogens with zero attached hydrogens (tertiary/aromatic N) is 1. The predicted molar refractivity (Wildman–Crippen MR) is 132 cm³/mol. The quantitative estimate of drug-likeness (QED) is 0.501. The van der Waals surface area contributed by atoms with Crippen molar-refractivity contribution in [2.45, 2.75) is 38.0 Å². The number of hydrogen-bond acceptors (Lipinski definition) is 4. The maximum absolute atomic E-state index is 13.1. The number of carbonyl (C=O) groups is 1. The molecule has 0 saturated carbocycles. The first-order valence-electron chi connectivity index (χ1n) is 11.7. The summed E-state index contributed by atoms with van der Waals surface area (Å²) in [6.07, 6.45) is 1.65. The van der Waals surface area contributed by atoms with E-state index in [1.165, 1.54) is 16.7 Å². The van der Waals surface area contributed by atoms with Crippen molar-refractivity contribution >= 4 is 5.91 Å². The van der Waals surface area contributed by atoms with Crippen LogP contribution in [0.1, 0.15) is 23.1 Å². The summed E-state index contributed by atoms with van der Waals surface area (Å²) in [5.74, 6) is 0.983. The van der Waals surface area contributed by atoms with Crippen molar-refractivity contribution < 1.29 is 9.53 Å². The third kappa shape index (κ3) is 6.67. The van der Waals surface area contributed by atoms with Crippen LogP contribution in [-0.2, 0) is 24.3 Å². The Kier molecular flexibility index (Phi) is 8.12. The van der Waals surface area contributed by atoms with E-state index >= 15 is 0 Å². The Balaban J connectivity index is 1.35. The van der Waals surface area contributed by atoms with E-state index in [1.807, 2.05) is 36.4 Å². The van der Waals surface area contributed by atoms with Crippen LogP contribution in [0, 0.1) is 0 Å². The third-order valence-electron chi connectivity index (χ3n) is 6.24. The fourth-order valence-corrected chi connectivity index (χ4v) is 4.41. The van der Waals surface area contributed by atoms with E-state index in [4.69, 9.17) is 4.74 Å². The third-order valence-corrected chi connectivity index (χ3v) is 6.24. The highest BCUT2D eigenvalue weighted by atomic mass is 16.5. The number of nitrogens with one attached hydrogen (secondary N) is 2. The lowest BCUT2D eigenvalue weighted by atomic mass is 10.1. The molecule has 5 nitrogen and oxygen atoms in total. The lowest BCUT2D eigenvalue weighted by Crippen LogP contribution is -2.43. The molecule has 0 aliphatic carbocycles. The van der Waals surface area contributed by atoms with Crippen LogP contribution < -0.4 is 15.4 Å². The van der Waals surface area contributed by atoms with Crippen molar-refractivity contribution in [2.24, 2.45) is 0 Å². The number of amides is 1. The van der Waals surface area contributed by atoms with E-state index in [2.05, 4.69) is 64.1 Å². The van der Waals surface area contributed by atoms with Crippen LogP contribution >= 0.6 is 0 Å². The molecule has 0 aromatic heterocycles. The van der Waals surface area contributed by atoms with Crippen LogP contribution in [0.15, 0.2) is 84.9 Å². The van der Waals surface area contributed by atoms with Gasteiger partial charge in [-0.05, 0) is 41.7 Å². The number of rotatable bonds is 10. The van der Waals surface area contributed by atoms with Crippen LogP contribution in [0.5, 0.6) is 5.75 Å². The summed E-state index contributed by atoms with van der Waals surface area (Å²) in [7, 11) is 1.68. The maximum Gasteiger partial charge on any atom is 0.237 e. The summed E-state index contributed by atoms with van der Waals surface area (Å²) in [5.41, 5.74) is 3.68. The minimum Gasteiger partial charge on any atom is -0.497 e. The molecular formula is C28H33N3O2. The van der Waals surface area contributed by atoms with Crippen molar-refractivity contribution in [3.63, 3.8) is 0 Å². The molecule has 0 radical (unpaired) electrons. The lowest BCUT2D eigenvalue weighted by molar-refractivity contribution is -0.125. The fourth-order valence-electron chi connectivity index (χ4n) is 4.41. The zero-order valence-electron chi connectivity index (χ0n) is 19.2. The predicted octanol–water partition coefficient (Wildman–Crippen LogP) is 3.79. The van der Waals surface area contributed by atoms with E-state index in [-0.39, 0.29) is 18.0 Å². The average molecular weight is 444 g/mol. The molecule has 0 bridgehead atoms. The molecule has 1 amide bonds. The molecule has 4 rings (SSSR count). The van der Waals surface area contributed by atoms with Crippen LogP contribution in [0.2, 0.25) is 0 Å². The molecule has 2 atom stereocenters. The van der Waals surface area contributed by atoms with Gasteiger partial charge in [0.25, 0.3) is 0 Å². The molecule has 0 spiro atoms. The van der Waals surface area contributed by atoms with Crippen LogP contribution in [0.3, 0.4) is 0 Å². The summed E-state index contributed by atoms with van der Waals surface area (Å²) in [6, 6.07) is 28.9. The van der Waals surface area contributed by atoms with Gasteiger partial charge < -0.3 is 15.4 Å². The second-order valence-electron chi connectivity index (χ2n) is 8.62. The second kappa shape index (κ2) is 11.6. The van der Waals surface area contributed by atoms with Gasteiger partial charge in [-0.3, -0.25) is 9.69 Å². The highest BCUT2D eigenvalue weighted by Crippen LogP contribution is 2.22. The van der Waals surface area contributed by atoms with E-state index < -0.39 is 0 Å². The molecule has 1 fully saturated rings. The Morgan fingerprint density at radius 3 is 2.24 bits per heavy atom. The highest BCUT2D eigenvalue weighted by molar-refractivity contribution is 5.82. The largest absolute Gasteiger partial charge is 0.497 e. The number of ether oxygens (including phenoxy) is 1. The second-order valence-corrected chi connectivity index (χ2v) is 8.62. The van der Waals surface area contributed by atoms with Gasteiger partial charge in [0.05, 0.1) is 13.2 Å². The summed E-state index contributed by atoms with van der Waals surface area (Å²) in [5, 5.41) is 6.83. The molecule has 0 unspecified atom stereocenters. The summed E-state index contributed by atoms with van der Waals surface area (Å²) in [4.78, 5) is 15.4. The van der Waals surface area contributed by atoms with Gasteiger partial charge in [0.1, 0.15) is 5.75 Å². The molecule has 1 saturated heterocycles. The van der Waals surface area contributed by atoms with E-state index in [9.17, 15) is 4.79 Å². The first-order valence-corrected chi connectivity index (χ1v) is 11.7. The Morgan fingerprint density at radius 2 is 1.58 bits per heavy atom. The van der Waals surface area contributed by atoms with Crippen molar-refractivity contribution in [1.29, 1.82) is 0 Å². The monoisotopic (exact) mass is 443 g/mol. The Hall–Kier alpha value is -3.15. The minimum atomic E-state index is -0.130. The smallest absolute Gasteiger partial charge is 0.237 e. The molecule has 3 aromatic carbocycles. The van der Waals surface area contributed by atoms with Gasteiger partial charge in [-0.15, -0.1) is 0 Å². The van der Waals surface area contributed by atoms with Gasteiger partial charge in [0, 0.05) is 32.2 Å². The number of carbonyl (C=O) groups excluding carboxylic acids is 1. The average Bonchev–Trinajstić information content (AvgIpc) is 3.27. The standard InChI is InChI=1S/C28H33N3O2/c1-33-26-14-12-23(13-15-26)19-30-25-18-27(31(21-25)20-24-10-6-3-7-11-24)28(32)29-17-16-22-8-4-2-5-9-22/h2-15,25,27,30H,16-21H2,1H3,(H,29,32)/t25-,27-/m0/s1. The van der Waals surface area contributed by atoms with Gasteiger partial charge in [0.2, 0.25) is 5.91 Å². The minimum absolute atomic E-state index is 0.121. The number of methoxy groups -OCH3 is 1. The number of benzene rings is 3. The van der Waals surface area contributed by atoms with Crippen LogP contribution in [0.4, 0.5) is 0 Å². The Morgan fingerprint density at radius 1 is 0.909 bits per heavy atom. The maximum atomic E-state index is 13.1. The van der Waals surface area contributed by atoms with E-state index in [0.29, 0.717) is 6.54 Å². The van der Waals surface area contributed by atoms with Gasteiger partial charge in [-0.25, -0.2) is 0 Å². The van der Waals surface area contributed by atoms with Gasteiger partial charge in [-0.2, -0.15) is 0 Å². The zero-order chi connectivity index (χ0) is 22.9. The molecule has 2 N–H and O–H groups in total. The first-order chi connectivity index (χ1) is 16.2. The molecule has 5 heteroatoms. The number of hydrogen-bond donors (Lipinski definition) is 2. The normalized spacial score (nSPS) is 18.2. The lowest BCUT2D eigenvalue weighted by Gasteiger charge is -2.23. The molecule has 1 heterocycles. The molecular weight excluding hydrogens is 410 g/mol. The van der Waals surface area contributed by atoms with E-state index in [0.717, 1.165) is 38.2 Å². The topological polar surface area (TPSA) is 53.6 Å².